The van der Waals surface area contributed by atoms with Crippen LogP contribution >= 0.6 is 0 Å². The standard InChI is InChI=1S/C13H9N3/c1-2-7-12-11(6-1)14-13-15-8-4-3-5-10(15)9-16(12)13/h1-9H. The summed E-state index contributed by atoms with van der Waals surface area (Å²) >= 11 is 0. The Morgan fingerprint density at radius 3 is 2.75 bits per heavy atom. The van der Waals surface area contributed by atoms with Crippen LogP contribution < -0.4 is 0 Å². The van der Waals surface area contributed by atoms with Crippen molar-refractivity contribution in [3.63, 3.8) is 0 Å². The normalized spacial score (nSPS) is 11.8. The van der Waals surface area contributed by atoms with Crippen molar-refractivity contribution in [2.75, 3.05) is 0 Å². The summed E-state index contributed by atoms with van der Waals surface area (Å²) in [7, 11) is 0. The van der Waals surface area contributed by atoms with Gasteiger partial charge in [0.05, 0.1) is 16.6 Å². The van der Waals surface area contributed by atoms with E-state index in [-0.39, 0.29) is 0 Å². The van der Waals surface area contributed by atoms with Gasteiger partial charge in [-0.3, -0.25) is 8.80 Å². The molecule has 0 atom stereocenters. The summed E-state index contributed by atoms with van der Waals surface area (Å²) in [5.74, 6) is 0.969. The first-order valence-corrected chi connectivity index (χ1v) is 5.26. The molecule has 4 rings (SSSR count). The van der Waals surface area contributed by atoms with Gasteiger partial charge in [0.2, 0.25) is 5.78 Å². The van der Waals surface area contributed by atoms with E-state index in [9.17, 15) is 0 Å². The molecule has 4 aromatic rings. The molecule has 0 aliphatic rings. The van der Waals surface area contributed by atoms with E-state index in [4.69, 9.17) is 0 Å². The summed E-state index contributed by atoms with van der Waals surface area (Å²) < 4.78 is 4.23. The van der Waals surface area contributed by atoms with Gasteiger partial charge in [-0.15, -0.1) is 0 Å². The number of imidazole rings is 2. The van der Waals surface area contributed by atoms with Gasteiger partial charge in [0.1, 0.15) is 0 Å². The van der Waals surface area contributed by atoms with Crippen molar-refractivity contribution in [1.82, 2.24) is 13.8 Å². The zero-order valence-electron chi connectivity index (χ0n) is 8.54. The summed E-state index contributed by atoms with van der Waals surface area (Å²) in [6.45, 7) is 0. The smallest absolute Gasteiger partial charge is 0.219 e. The van der Waals surface area contributed by atoms with Gasteiger partial charge in [-0.05, 0) is 24.3 Å². The van der Waals surface area contributed by atoms with Gasteiger partial charge in [0.25, 0.3) is 0 Å². The first kappa shape index (κ1) is 7.93. The van der Waals surface area contributed by atoms with Crippen LogP contribution in [-0.2, 0) is 0 Å². The van der Waals surface area contributed by atoms with Gasteiger partial charge in [-0.25, -0.2) is 4.98 Å². The van der Waals surface area contributed by atoms with Crippen LogP contribution in [0.15, 0.2) is 54.9 Å². The highest BCUT2D eigenvalue weighted by Gasteiger charge is 2.07. The molecule has 1 aromatic carbocycles. The Balaban J connectivity index is 2.35. The van der Waals surface area contributed by atoms with Gasteiger partial charge in [0, 0.05) is 12.4 Å². The lowest BCUT2D eigenvalue weighted by molar-refractivity contribution is 1.16. The average molecular weight is 207 g/mol. The number of para-hydroxylation sites is 2. The predicted molar refractivity (Wildman–Crippen MR) is 63.7 cm³/mol. The summed E-state index contributed by atoms with van der Waals surface area (Å²) in [5, 5.41) is 0. The fraction of sp³-hybridized carbons (Fsp3) is 0. The molecule has 0 spiro atoms. The van der Waals surface area contributed by atoms with Crippen molar-refractivity contribution >= 4 is 22.3 Å². The lowest BCUT2D eigenvalue weighted by atomic mass is 10.3. The third kappa shape index (κ3) is 0.852. The zero-order chi connectivity index (χ0) is 10.5. The van der Waals surface area contributed by atoms with E-state index < -0.39 is 0 Å². The van der Waals surface area contributed by atoms with E-state index >= 15 is 0 Å². The SMILES string of the molecule is c1ccc2c(c1)nc1n3ccccc3cn21. The second-order valence-corrected chi connectivity index (χ2v) is 3.90. The van der Waals surface area contributed by atoms with Gasteiger partial charge in [-0.1, -0.05) is 18.2 Å². The number of aromatic nitrogens is 3. The first-order chi connectivity index (χ1) is 7.93. The van der Waals surface area contributed by atoms with Crippen LogP contribution in [-0.4, -0.2) is 13.8 Å². The van der Waals surface area contributed by atoms with Crippen LogP contribution in [0.1, 0.15) is 0 Å². The van der Waals surface area contributed by atoms with E-state index in [1.165, 1.54) is 0 Å². The van der Waals surface area contributed by atoms with Crippen molar-refractivity contribution in [2.24, 2.45) is 0 Å². The number of pyridine rings is 1. The van der Waals surface area contributed by atoms with Crippen molar-refractivity contribution in [2.45, 2.75) is 0 Å². The minimum atomic E-state index is 0.969. The molecule has 0 saturated carbocycles. The molecule has 0 saturated heterocycles. The highest BCUT2D eigenvalue weighted by atomic mass is 15.2. The molecule has 0 unspecified atom stereocenters. The first-order valence-electron chi connectivity index (χ1n) is 5.26. The summed E-state index contributed by atoms with van der Waals surface area (Å²) in [6, 6.07) is 14.3. The minimum absolute atomic E-state index is 0.969. The number of nitrogens with zero attached hydrogens (tertiary/aromatic N) is 3. The summed E-state index contributed by atoms with van der Waals surface area (Å²) in [4.78, 5) is 4.63. The molecule has 0 aliphatic carbocycles. The van der Waals surface area contributed by atoms with Crippen molar-refractivity contribution < 1.29 is 0 Å². The molecule has 76 valence electrons. The summed E-state index contributed by atoms with van der Waals surface area (Å²) in [6.07, 6.45) is 4.15. The second kappa shape index (κ2) is 2.64. The number of benzene rings is 1. The van der Waals surface area contributed by atoms with Crippen LogP contribution in [0.25, 0.3) is 22.3 Å². The average Bonchev–Trinajstić information content (AvgIpc) is 2.85. The molecule has 0 fully saturated rings. The van der Waals surface area contributed by atoms with Gasteiger partial charge in [-0.2, -0.15) is 0 Å². The van der Waals surface area contributed by atoms with E-state index in [1.54, 1.807) is 0 Å². The Morgan fingerprint density at radius 2 is 1.75 bits per heavy atom. The van der Waals surface area contributed by atoms with Crippen LogP contribution in [0.5, 0.6) is 0 Å². The fourth-order valence-electron chi connectivity index (χ4n) is 2.20. The molecule has 16 heavy (non-hydrogen) atoms. The van der Waals surface area contributed by atoms with Crippen molar-refractivity contribution in [3.8, 4) is 0 Å². The van der Waals surface area contributed by atoms with Crippen LogP contribution in [0, 0.1) is 0 Å². The minimum Gasteiger partial charge on any atom is -0.286 e. The zero-order valence-corrected chi connectivity index (χ0v) is 8.54. The van der Waals surface area contributed by atoms with E-state index in [2.05, 4.69) is 32.1 Å². The Hall–Kier alpha value is -2.29. The van der Waals surface area contributed by atoms with Crippen LogP contribution in [0.2, 0.25) is 0 Å². The highest BCUT2D eigenvalue weighted by Crippen LogP contribution is 2.19. The molecule has 0 bridgehead atoms. The molecule has 0 N–H and O–H groups in total. The Morgan fingerprint density at radius 1 is 0.875 bits per heavy atom. The number of rotatable bonds is 0. The van der Waals surface area contributed by atoms with Gasteiger partial charge in [0.15, 0.2) is 0 Å². The van der Waals surface area contributed by atoms with E-state index in [0.29, 0.717) is 0 Å². The van der Waals surface area contributed by atoms with Gasteiger partial charge >= 0.3 is 0 Å². The lowest BCUT2D eigenvalue weighted by Gasteiger charge is -1.90. The van der Waals surface area contributed by atoms with E-state index in [1.807, 2.05) is 36.5 Å². The molecule has 0 aliphatic heterocycles. The third-order valence-electron chi connectivity index (χ3n) is 2.95. The highest BCUT2D eigenvalue weighted by molar-refractivity contribution is 5.81. The topological polar surface area (TPSA) is 21.7 Å². The summed E-state index contributed by atoms with van der Waals surface area (Å²) in [5.41, 5.74) is 3.35. The maximum atomic E-state index is 4.63. The molecule has 3 aromatic heterocycles. The molecular weight excluding hydrogens is 198 g/mol. The fourth-order valence-corrected chi connectivity index (χ4v) is 2.20. The van der Waals surface area contributed by atoms with Crippen LogP contribution in [0.4, 0.5) is 0 Å². The Kier molecular flexibility index (Phi) is 1.31. The van der Waals surface area contributed by atoms with E-state index in [0.717, 1.165) is 22.3 Å². The molecule has 0 radical (unpaired) electrons. The quantitative estimate of drug-likeness (QED) is 0.434. The predicted octanol–water partition coefficient (Wildman–Crippen LogP) is 2.74. The van der Waals surface area contributed by atoms with Crippen LogP contribution in [0.3, 0.4) is 0 Å². The van der Waals surface area contributed by atoms with Crippen molar-refractivity contribution in [1.29, 1.82) is 0 Å². The number of hydrogen-bond donors (Lipinski definition) is 0. The molecular formula is C13H9N3. The Bertz CT molecular complexity index is 738. The molecule has 0 amide bonds. The maximum absolute atomic E-state index is 4.63. The second-order valence-electron chi connectivity index (χ2n) is 3.90. The monoisotopic (exact) mass is 207 g/mol. The number of fused-ring (bicyclic) bond motifs is 5. The third-order valence-corrected chi connectivity index (χ3v) is 2.95. The largest absolute Gasteiger partial charge is 0.286 e. The molecule has 3 heteroatoms. The Labute approximate surface area is 91.6 Å². The van der Waals surface area contributed by atoms with Gasteiger partial charge < -0.3 is 0 Å². The number of hydrogen-bond acceptors (Lipinski definition) is 1. The lowest BCUT2D eigenvalue weighted by Crippen LogP contribution is -1.82. The molecule has 3 nitrogen and oxygen atoms in total. The molecule has 3 heterocycles. The maximum Gasteiger partial charge on any atom is 0.219 e. The van der Waals surface area contributed by atoms with Crippen molar-refractivity contribution in [3.05, 3.63) is 54.9 Å².